The maximum absolute atomic E-state index is 12.7. The summed E-state index contributed by atoms with van der Waals surface area (Å²) in [7, 11) is 0. The molecule has 1 unspecified atom stereocenters. The molecular formula is C22H25N3O. The number of aryl methyl sites for hydroxylation is 2. The van der Waals surface area contributed by atoms with Crippen LogP contribution in [0.1, 0.15) is 41.8 Å². The minimum absolute atomic E-state index is 0.0350. The Kier molecular flexibility index (Phi) is 5.84. The second kappa shape index (κ2) is 8.48. The van der Waals surface area contributed by atoms with Crippen LogP contribution in [0.4, 0.5) is 0 Å². The van der Waals surface area contributed by atoms with Gasteiger partial charge in [-0.25, -0.2) is 4.98 Å². The van der Waals surface area contributed by atoms with Crippen LogP contribution in [0.2, 0.25) is 0 Å². The first-order chi connectivity index (χ1) is 12.7. The zero-order chi connectivity index (χ0) is 18.4. The summed E-state index contributed by atoms with van der Waals surface area (Å²) >= 11 is 0. The van der Waals surface area contributed by atoms with E-state index in [1.54, 1.807) is 6.20 Å². The van der Waals surface area contributed by atoms with Gasteiger partial charge in [0.15, 0.2) is 0 Å². The van der Waals surface area contributed by atoms with E-state index in [2.05, 4.69) is 48.4 Å². The second-order valence-corrected chi connectivity index (χ2v) is 6.43. The second-order valence-electron chi connectivity index (χ2n) is 6.43. The number of nitrogens with zero attached hydrogens (tertiary/aromatic N) is 2. The Morgan fingerprint density at radius 3 is 2.58 bits per heavy atom. The van der Waals surface area contributed by atoms with E-state index < -0.39 is 0 Å². The summed E-state index contributed by atoms with van der Waals surface area (Å²) in [5.74, 6) is 0.962. The molecule has 1 amide bonds. The predicted molar refractivity (Wildman–Crippen MR) is 104 cm³/mol. The molecule has 4 heteroatoms. The van der Waals surface area contributed by atoms with Crippen LogP contribution in [-0.4, -0.2) is 15.5 Å². The largest absolute Gasteiger partial charge is 0.349 e. The third-order valence-corrected chi connectivity index (χ3v) is 4.74. The Balaban J connectivity index is 1.76. The van der Waals surface area contributed by atoms with E-state index in [1.165, 1.54) is 11.1 Å². The smallest absolute Gasteiger partial charge is 0.221 e. The zero-order valence-electron chi connectivity index (χ0n) is 15.4. The van der Waals surface area contributed by atoms with Gasteiger partial charge in [-0.2, -0.15) is 0 Å². The van der Waals surface area contributed by atoms with Crippen LogP contribution in [0.3, 0.4) is 0 Å². The average Bonchev–Trinajstić information content (AvgIpc) is 3.13. The molecule has 4 nitrogen and oxygen atoms in total. The number of amides is 1. The normalized spacial score (nSPS) is 11.9. The van der Waals surface area contributed by atoms with Gasteiger partial charge >= 0.3 is 0 Å². The molecule has 2 aromatic carbocycles. The molecule has 3 aromatic rings. The molecule has 0 radical (unpaired) electrons. The van der Waals surface area contributed by atoms with Crippen molar-refractivity contribution in [3.63, 3.8) is 0 Å². The summed E-state index contributed by atoms with van der Waals surface area (Å²) in [6.45, 7) is 5.47. The molecule has 0 spiro atoms. The Morgan fingerprint density at radius 1 is 1.12 bits per heavy atom. The van der Waals surface area contributed by atoms with Crippen LogP contribution in [0.15, 0.2) is 67.0 Å². The van der Waals surface area contributed by atoms with E-state index in [0.29, 0.717) is 13.0 Å². The van der Waals surface area contributed by atoms with Gasteiger partial charge in [-0.1, -0.05) is 54.6 Å². The van der Waals surface area contributed by atoms with Crippen molar-refractivity contribution in [2.75, 3.05) is 0 Å². The van der Waals surface area contributed by atoms with E-state index in [0.717, 1.165) is 17.9 Å². The molecule has 0 aliphatic rings. The third-order valence-electron chi connectivity index (χ3n) is 4.74. The van der Waals surface area contributed by atoms with Gasteiger partial charge in [0, 0.05) is 31.3 Å². The van der Waals surface area contributed by atoms with E-state index in [-0.39, 0.29) is 11.8 Å². The summed E-state index contributed by atoms with van der Waals surface area (Å²) in [5.41, 5.74) is 3.56. The van der Waals surface area contributed by atoms with Crippen molar-refractivity contribution in [1.29, 1.82) is 0 Å². The van der Waals surface area contributed by atoms with Gasteiger partial charge in [-0.3, -0.25) is 4.79 Å². The summed E-state index contributed by atoms with van der Waals surface area (Å²) in [5, 5.41) is 3.03. The summed E-state index contributed by atoms with van der Waals surface area (Å²) in [4.78, 5) is 17.0. The number of hydrogen-bond acceptors (Lipinski definition) is 2. The monoisotopic (exact) mass is 347 g/mol. The number of imidazole rings is 1. The molecule has 134 valence electrons. The molecule has 0 fully saturated rings. The van der Waals surface area contributed by atoms with Crippen molar-refractivity contribution in [2.24, 2.45) is 0 Å². The van der Waals surface area contributed by atoms with Crippen molar-refractivity contribution in [3.05, 3.63) is 89.5 Å². The molecule has 0 aliphatic carbocycles. The summed E-state index contributed by atoms with van der Waals surface area (Å²) < 4.78 is 2.04. The Labute approximate surface area is 154 Å². The number of benzene rings is 2. The molecule has 0 saturated heterocycles. The van der Waals surface area contributed by atoms with E-state index >= 15 is 0 Å². The minimum atomic E-state index is 0.0350. The summed E-state index contributed by atoms with van der Waals surface area (Å²) in [6.07, 6.45) is 4.12. The SMILES string of the molecule is CCn1ccnc1CNC(=O)CC(c1ccccc1)c1ccccc1C. The molecule has 26 heavy (non-hydrogen) atoms. The first kappa shape index (κ1) is 17.9. The van der Waals surface area contributed by atoms with Crippen LogP contribution >= 0.6 is 0 Å². The highest BCUT2D eigenvalue weighted by Gasteiger charge is 2.19. The van der Waals surface area contributed by atoms with Gasteiger partial charge in [0.05, 0.1) is 6.54 Å². The van der Waals surface area contributed by atoms with Crippen LogP contribution in [0.25, 0.3) is 0 Å². The maximum Gasteiger partial charge on any atom is 0.221 e. The van der Waals surface area contributed by atoms with Crippen molar-refractivity contribution >= 4 is 5.91 Å². The predicted octanol–water partition coefficient (Wildman–Crippen LogP) is 4.05. The lowest BCUT2D eigenvalue weighted by molar-refractivity contribution is -0.121. The highest BCUT2D eigenvalue weighted by molar-refractivity contribution is 5.77. The van der Waals surface area contributed by atoms with E-state index in [4.69, 9.17) is 0 Å². The van der Waals surface area contributed by atoms with Gasteiger partial charge in [-0.15, -0.1) is 0 Å². The Bertz CT molecular complexity index is 855. The molecule has 0 aliphatic heterocycles. The van der Waals surface area contributed by atoms with Crippen molar-refractivity contribution in [3.8, 4) is 0 Å². The number of carbonyl (C=O) groups is 1. The lowest BCUT2D eigenvalue weighted by Crippen LogP contribution is -2.26. The number of hydrogen-bond donors (Lipinski definition) is 1. The van der Waals surface area contributed by atoms with Crippen LogP contribution in [-0.2, 0) is 17.9 Å². The molecule has 1 atom stereocenters. The summed E-state index contributed by atoms with van der Waals surface area (Å²) in [6, 6.07) is 18.5. The number of nitrogens with one attached hydrogen (secondary N) is 1. The van der Waals surface area contributed by atoms with Gasteiger partial charge in [0.1, 0.15) is 5.82 Å². The first-order valence-electron chi connectivity index (χ1n) is 9.06. The average molecular weight is 347 g/mol. The fraction of sp³-hybridized carbons (Fsp3) is 0.273. The van der Waals surface area contributed by atoms with Gasteiger partial charge in [0.2, 0.25) is 5.91 Å². The quantitative estimate of drug-likeness (QED) is 0.701. The molecule has 1 aromatic heterocycles. The number of aromatic nitrogens is 2. The van der Waals surface area contributed by atoms with Gasteiger partial charge in [-0.05, 0) is 30.5 Å². The van der Waals surface area contributed by atoms with Gasteiger partial charge < -0.3 is 9.88 Å². The third kappa shape index (κ3) is 4.20. The lowest BCUT2D eigenvalue weighted by atomic mass is 9.86. The van der Waals surface area contributed by atoms with Crippen LogP contribution in [0, 0.1) is 6.92 Å². The molecule has 1 N–H and O–H groups in total. The Morgan fingerprint density at radius 2 is 1.85 bits per heavy atom. The van der Waals surface area contributed by atoms with E-state index in [1.807, 2.05) is 41.1 Å². The highest BCUT2D eigenvalue weighted by Crippen LogP contribution is 2.30. The Hall–Kier alpha value is -2.88. The zero-order valence-corrected chi connectivity index (χ0v) is 15.4. The highest BCUT2D eigenvalue weighted by atomic mass is 16.1. The number of carbonyl (C=O) groups excluding carboxylic acids is 1. The van der Waals surface area contributed by atoms with Crippen LogP contribution < -0.4 is 5.32 Å². The first-order valence-corrected chi connectivity index (χ1v) is 9.06. The minimum Gasteiger partial charge on any atom is -0.349 e. The van der Waals surface area contributed by atoms with E-state index in [9.17, 15) is 4.79 Å². The standard InChI is InChI=1S/C22H25N3O/c1-3-25-14-13-23-21(25)16-24-22(26)15-20(18-10-5-4-6-11-18)19-12-8-7-9-17(19)2/h4-14,20H,3,15-16H2,1-2H3,(H,24,26). The van der Waals surface area contributed by atoms with Crippen molar-refractivity contribution in [2.45, 2.75) is 39.3 Å². The molecule has 0 saturated carbocycles. The number of rotatable bonds is 7. The molecule has 3 rings (SSSR count). The lowest BCUT2D eigenvalue weighted by Gasteiger charge is -2.20. The van der Waals surface area contributed by atoms with Crippen molar-refractivity contribution < 1.29 is 4.79 Å². The maximum atomic E-state index is 12.7. The van der Waals surface area contributed by atoms with Crippen molar-refractivity contribution in [1.82, 2.24) is 14.9 Å². The van der Waals surface area contributed by atoms with Crippen LogP contribution in [0.5, 0.6) is 0 Å². The fourth-order valence-electron chi connectivity index (χ4n) is 3.30. The molecule has 0 bridgehead atoms. The van der Waals surface area contributed by atoms with Gasteiger partial charge in [0.25, 0.3) is 0 Å². The fourth-order valence-corrected chi connectivity index (χ4v) is 3.30. The molecule has 1 heterocycles. The topological polar surface area (TPSA) is 46.9 Å². The molecular weight excluding hydrogens is 322 g/mol.